The van der Waals surface area contributed by atoms with Gasteiger partial charge in [-0.05, 0) is 31.5 Å². The second-order valence-electron chi connectivity index (χ2n) is 8.21. The molecule has 5 rings (SSSR count). The van der Waals surface area contributed by atoms with Gasteiger partial charge in [0, 0.05) is 72.1 Å². The lowest BCUT2D eigenvalue weighted by molar-refractivity contribution is 0.146. The number of halogens is 2. The van der Waals surface area contributed by atoms with Crippen molar-refractivity contribution in [1.82, 2.24) is 24.6 Å². The highest BCUT2D eigenvalue weighted by Gasteiger charge is 2.24. The first-order valence-corrected chi connectivity index (χ1v) is 10.8. The zero-order valence-electron chi connectivity index (χ0n) is 18.9. The molecular formula is C24H22F2N6O2. The van der Waals surface area contributed by atoms with Crippen molar-refractivity contribution in [1.29, 1.82) is 0 Å². The molecule has 0 saturated heterocycles. The van der Waals surface area contributed by atoms with E-state index < -0.39 is 17.7 Å². The number of methoxy groups -OCH3 is 1. The van der Waals surface area contributed by atoms with Crippen LogP contribution in [0.4, 0.5) is 14.6 Å². The van der Waals surface area contributed by atoms with Crippen molar-refractivity contribution in [2.24, 2.45) is 0 Å². The average Bonchev–Trinajstić information content (AvgIpc) is 2.85. The van der Waals surface area contributed by atoms with Gasteiger partial charge in [0.25, 0.3) is 12.0 Å². The Labute approximate surface area is 193 Å². The molecule has 0 aliphatic carbocycles. The van der Waals surface area contributed by atoms with Gasteiger partial charge in [-0.1, -0.05) is 0 Å². The summed E-state index contributed by atoms with van der Waals surface area (Å²) in [4.78, 5) is 27.5. The maximum atomic E-state index is 13.2. The number of pyridine rings is 2. The van der Waals surface area contributed by atoms with E-state index in [9.17, 15) is 13.6 Å². The lowest BCUT2D eigenvalue weighted by atomic mass is 10.00. The first-order chi connectivity index (χ1) is 16.4. The van der Waals surface area contributed by atoms with Crippen LogP contribution < -0.4 is 15.2 Å². The molecule has 4 aromatic heterocycles. The van der Waals surface area contributed by atoms with Crippen molar-refractivity contribution in [3.63, 3.8) is 0 Å². The molecule has 1 aliphatic heterocycles. The Balaban J connectivity index is 1.55. The molecule has 0 N–H and O–H groups in total. The quantitative estimate of drug-likeness (QED) is 0.456. The summed E-state index contributed by atoms with van der Waals surface area (Å²) in [5, 5.41) is 4.51. The fourth-order valence-electron chi connectivity index (χ4n) is 4.28. The van der Waals surface area contributed by atoms with Crippen LogP contribution in [0.3, 0.4) is 0 Å². The summed E-state index contributed by atoms with van der Waals surface area (Å²) in [5.41, 5.74) is 4.18. The largest absolute Gasteiger partial charge is 0.496 e. The normalized spacial score (nSPS) is 13.4. The summed E-state index contributed by atoms with van der Waals surface area (Å²) in [7, 11) is 1.62. The number of alkyl halides is 2. The van der Waals surface area contributed by atoms with Crippen molar-refractivity contribution in [2.45, 2.75) is 33.2 Å². The summed E-state index contributed by atoms with van der Waals surface area (Å²) < 4.78 is 32.9. The van der Waals surface area contributed by atoms with E-state index in [1.54, 1.807) is 32.5 Å². The molecule has 4 aromatic rings. The number of nitrogens with zero attached hydrogens (tertiary/aromatic N) is 6. The predicted octanol–water partition coefficient (Wildman–Crippen LogP) is 3.67. The third-order valence-electron chi connectivity index (χ3n) is 6.22. The Hall–Kier alpha value is -3.95. The minimum absolute atomic E-state index is 0.147. The topological polar surface area (TPSA) is 85.5 Å². The van der Waals surface area contributed by atoms with Gasteiger partial charge in [-0.3, -0.25) is 14.8 Å². The standard InChI is InChI=1S/C24H22F2N6O2/c1-13-14(2)24(30-32-21(33)9-19(22(25)26)29-23(13)32)31-7-5-18-16(12-31)8-15(10-28-18)17-11-27-6-4-20(17)34-3/h4,6,8-11,22H,5,7,12H2,1-3H3. The molecule has 0 radical (unpaired) electrons. The molecular weight excluding hydrogens is 442 g/mol. The molecule has 0 atom stereocenters. The minimum Gasteiger partial charge on any atom is -0.496 e. The van der Waals surface area contributed by atoms with E-state index in [4.69, 9.17) is 4.74 Å². The Morgan fingerprint density at radius 3 is 2.74 bits per heavy atom. The number of hydrogen-bond acceptors (Lipinski definition) is 7. The van der Waals surface area contributed by atoms with Gasteiger partial charge in [0.05, 0.1) is 7.11 Å². The molecule has 1 aliphatic rings. The molecule has 34 heavy (non-hydrogen) atoms. The zero-order valence-corrected chi connectivity index (χ0v) is 18.9. The molecule has 0 fully saturated rings. The van der Waals surface area contributed by atoms with Gasteiger partial charge in [-0.25, -0.2) is 13.8 Å². The van der Waals surface area contributed by atoms with E-state index in [-0.39, 0.29) is 5.65 Å². The zero-order chi connectivity index (χ0) is 24.0. The molecule has 5 heterocycles. The third kappa shape index (κ3) is 3.64. The van der Waals surface area contributed by atoms with Crippen LogP contribution in [0.1, 0.15) is 34.5 Å². The smallest absolute Gasteiger partial charge is 0.280 e. The molecule has 0 bridgehead atoms. The van der Waals surface area contributed by atoms with Crippen molar-refractivity contribution >= 4 is 11.5 Å². The first-order valence-electron chi connectivity index (χ1n) is 10.8. The fourth-order valence-corrected chi connectivity index (χ4v) is 4.28. The van der Waals surface area contributed by atoms with Crippen LogP contribution in [0.15, 0.2) is 41.6 Å². The highest BCUT2D eigenvalue weighted by Crippen LogP contribution is 2.32. The predicted molar refractivity (Wildman–Crippen MR) is 122 cm³/mol. The van der Waals surface area contributed by atoms with Crippen LogP contribution in [-0.2, 0) is 13.0 Å². The lowest BCUT2D eigenvalue weighted by Gasteiger charge is -2.31. The van der Waals surface area contributed by atoms with Crippen molar-refractivity contribution in [3.05, 3.63) is 75.2 Å². The summed E-state index contributed by atoms with van der Waals surface area (Å²) in [6.45, 7) is 4.83. The highest BCUT2D eigenvalue weighted by atomic mass is 19.3. The summed E-state index contributed by atoms with van der Waals surface area (Å²) in [5.74, 6) is 1.33. The van der Waals surface area contributed by atoms with Crippen LogP contribution in [-0.4, -0.2) is 38.2 Å². The SMILES string of the molecule is COc1ccncc1-c1cnc2c(c1)CN(c1nn3c(=O)cc(C(F)F)nc3c(C)c1C)CC2. The number of aromatic nitrogens is 5. The summed E-state index contributed by atoms with van der Waals surface area (Å²) >= 11 is 0. The van der Waals surface area contributed by atoms with Gasteiger partial charge in [0.2, 0.25) is 0 Å². The van der Waals surface area contributed by atoms with Gasteiger partial charge >= 0.3 is 0 Å². The third-order valence-corrected chi connectivity index (χ3v) is 6.22. The van der Waals surface area contributed by atoms with Crippen LogP contribution in [0.5, 0.6) is 5.75 Å². The molecule has 0 amide bonds. The Morgan fingerprint density at radius 1 is 1.15 bits per heavy atom. The van der Waals surface area contributed by atoms with E-state index >= 15 is 0 Å². The van der Waals surface area contributed by atoms with E-state index in [2.05, 4.69) is 31.0 Å². The van der Waals surface area contributed by atoms with Crippen LogP contribution >= 0.6 is 0 Å². The molecule has 0 spiro atoms. The number of aryl methyl sites for hydroxylation is 1. The summed E-state index contributed by atoms with van der Waals surface area (Å²) in [6.07, 6.45) is 3.12. The van der Waals surface area contributed by atoms with Gasteiger partial charge in [0.1, 0.15) is 11.4 Å². The minimum atomic E-state index is -2.82. The van der Waals surface area contributed by atoms with Crippen molar-refractivity contribution in [2.75, 3.05) is 18.6 Å². The second kappa shape index (κ2) is 8.44. The van der Waals surface area contributed by atoms with Crippen LogP contribution in [0, 0.1) is 13.8 Å². The van der Waals surface area contributed by atoms with E-state index in [1.165, 1.54) is 0 Å². The summed E-state index contributed by atoms with van der Waals surface area (Å²) in [6, 6.07) is 4.71. The lowest BCUT2D eigenvalue weighted by Crippen LogP contribution is -2.34. The molecule has 0 unspecified atom stereocenters. The monoisotopic (exact) mass is 464 g/mol. The number of ether oxygens (including phenoxy) is 1. The first kappa shape index (κ1) is 21.9. The molecule has 0 aromatic carbocycles. The van der Waals surface area contributed by atoms with Crippen molar-refractivity contribution in [3.8, 4) is 16.9 Å². The van der Waals surface area contributed by atoms with Gasteiger partial charge in [-0.2, -0.15) is 4.52 Å². The number of fused-ring (bicyclic) bond motifs is 2. The van der Waals surface area contributed by atoms with Gasteiger partial charge < -0.3 is 9.64 Å². The molecule has 8 nitrogen and oxygen atoms in total. The molecule has 10 heteroatoms. The van der Waals surface area contributed by atoms with Gasteiger partial charge in [0.15, 0.2) is 11.5 Å². The van der Waals surface area contributed by atoms with E-state index in [0.29, 0.717) is 36.6 Å². The Kier molecular flexibility index (Phi) is 5.43. The Morgan fingerprint density at radius 2 is 1.97 bits per heavy atom. The number of anilines is 1. The van der Waals surface area contributed by atoms with Gasteiger partial charge in [-0.15, -0.1) is 5.10 Å². The number of hydrogen-bond donors (Lipinski definition) is 0. The second-order valence-corrected chi connectivity index (χ2v) is 8.21. The van der Waals surface area contributed by atoms with Crippen LogP contribution in [0.25, 0.3) is 16.8 Å². The average molecular weight is 464 g/mol. The van der Waals surface area contributed by atoms with Crippen molar-refractivity contribution < 1.29 is 13.5 Å². The molecule has 174 valence electrons. The van der Waals surface area contributed by atoms with Crippen LogP contribution in [0.2, 0.25) is 0 Å². The Bertz CT molecular complexity index is 1470. The van der Waals surface area contributed by atoms with E-state index in [1.807, 2.05) is 13.1 Å². The fraction of sp³-hybridized carbons (Fsp3) is 0.292. The highest BCUT2D eigenvalue weighted by molar-refractivity contribution is 5.70. The molecule has 0 saturated carbocycles. The maximum Gasteiger partial charge on any atom is 0.280 e. The maximum absolute atomic E-state index is 13.2. The number of rotatable bonds is 4. The van der Waals surface area contributed by atoms with E-state index in [0.717, 1.165) is 38.5 Å².